The van der Waals surface area contributed by atoms with E-state index in [2.05, 4.69) is 276 Å². The van der Waals surface area contributed by atoms with Crippen molar-refractivity contribution in [1.82, 2.24) is 0 Å². The first-order valence-electron chi connectivity index (χ1n) is 24.2. The zero-order chi connectivity index (χ0) is 46.9. The molecular formula is C68H53N. The average Bonchev–Trinajstić information content (AvgIpc) is 3.87. The Balaban J connectivity index is 1.12. The van der Waals surface area contributed by atoms with Gasteiger partial charge in [-0.05, 0) is 139 Å². The molecule has 0 fully saturated rings. The third kappa shape index (κ3) is 6.67. The van der Waals surface area contributed by atoms with Crippen LogP contribution < -0.4 is 4.90 Å². The SMILES string of the molecule is C=C(C)C(C)(C)c1cc(-c2ccc(N(c3ccc(-c4ccccc4)cc3-c3ccccc3)c3cccc4c3-c3ccccc3C43c4ccccc4-c4ccc(-c5ccccc5)cc43)cc2)ccc1C. The molecule has 1 heteroatoms. The van der Waals surface area contributed by atoms with Crippen molar-refractivity contribution < 1.29 is 0 Å². The van der Waals surface area contributed by atoms with Crippen LogP contribution in [0.25, 0.3) is 66.8 Å². The molecule has 1 atom stereocenters. The van der Waals surface area contributed by atoms with Gasteiger partial charge in [-0.25, -0.2) is 0 Å². The summed E-state index contributed by atoms with van der Waals surface area (Å²) in [7, 11) is 0. The van der Waals surface area contributed by atoms with Crippen LogP contribution in [0.5, 0.6) is 0 Å². The van der Waals surface area contributed by atoms with Crippen LogP contribution in [0.2, 0.25) is 0 Å². The Morgan fingerprint density at radius 1 is 0.391 bits per heavy atom. The summed E-state index contributed by atoms with van der Waals surface area (Å²) in [5.74, 6) is 0. The van der Waals surface area contributed by atoms with Crippen molar-refractivity contribution in [2.75, 3.05) is 4.90 Å². The molecule has 0 saturated carbocycles. The normalized spacial score (nSPS) is 14.2. The molecule has 2 aliphatic rings. The van der Waals surface area contributed by atoms with Crippen LogP contribution in [0.3, 0.4) is 0 Å². The van der Waals surface area contributed by atoms with Gasteiger partial charge in [-0.1, -0.05) is 226 Å². The topological polar surface area (TPSA) is 3.24 Å². The van der Waals surface area contributed by atoms with E-state index in [0.29, 0.717) is 0 Å². The van der Waals surface area contributed by atoms with E-state index in [-0.39, 0.29) is 5.41 Å². The van der Waals surface area contributed by atoms with Gasteiger partial charge in [-0.2, -0.15) is 0 Å². The molecule has 12 rings (SSSR count). The summed E-state index contributed by atoms with van der Waals surface area (Å²) in [6.45, 7) is 13.3. The second-order valence-electron chi connectivity index (χ2n) is 19.4. The Labute approximate surface area is 407 Å². The van der Waals surface area contributed by atoms with Crippen LogP contribution in [-0.2, 0) is 10.8 Å². The molecule has 0 aliphatic heterocycles. The largest absolute Gasteiger partial charge is 0.309 e. The molecule has 330 valence electrons. The summed E-state index contributed by atoms with van der Waals surface area (Å²) < 4.78 is 0. The molecular weight excluding hydrogens is 831 g/mol. The first-order valence-corrected chi connectivity index (χ1v) is 24.2. The van der Waals surface area contributed by atoms with E-state index in [1.165, 1.54) is 89.0 Å². The van der Waals surface area contributed by atoms with Crippen LogP contribution in [0.4, 0.5) is 17.1 Å². The van der Waals surface area contributed by atoms with Gasteiger partial charge in [0.05, 0.1) is 16.8 Å². The smallest absolute Gasteiger partial charge is 0.0726 e. The number of nitrogens with zero attached hydrogens (tertiary/aromatic N) is 1. The van der Waals surface area contributed by atoms with E-state index in [1.807, 2.05) is 0 Å². The van der Waals surface area contributed by atoms with Crippen molar-refractivity contribution in [1.29, 1.82) is 0 Å². The van der Waals surface area contributed by atoms with Crippen molar-refractivity contribution in [3.63, 3.8) is 0 Å². The van der Waals surface area contributed by atoms with E-state index >= 15 is 0 Å². The number of rotatable bonds is 9. The number of benzene rings is 10. The van der Waals surface area contributed by atoms with Gasteiger partial charge in [0.1, 0.15) is 0 Å². The Bertz CT molecular complexity index is 3600. The lowest BCUT2D eigenvalue weighted by molar-refractivity contribution is 0.622. The summed E-state index contributed by atoms with van der Waals surface area (Å²) in [6.07, 6.45) is 0. The van der Waals surface area contributed by atoms with Crippen LogP contribution in [0.1, 0.15) is 54.2 Å². The Kier molecular flexibility index (Phi) is 10.1. The molecule has 2 aliphatic carbocycles. The molecule has 10 aromatic carbocycles. The first-order chi connectivity index (χ1) is 33.7. The number of anilines is 3. The number of fused-ring (bicyclic) bond motifs is 10. The summed E-state index contributed by atoms with van der Waals surface area (Å²) in [4.78, 5) is 2.53. The molecule has 0 aromatic heterocycles. The van der Waals surface area contributed by atoms with Crippen LogP contribution >= 0.6 is 0 Å². The standard InChI is InChI=1S/C68H53N/c1-45(2)67(4,5)62-43-52(33-32-46(62)3)49-34-38-54(39-35-49)69(64-41-37-51(47-20-9-6-10-21-47)42-58(64)50-24-13-8-14-25-50)65-31-19-30-61-66(65)57-27-16-18-29-60(57)68(61)59-28-17-15-26-55(59)56-40-36-53(44-63(56)68)48-22-11-7-12-23-48/h6-44H,1H2,2-5H3. The molecule has 0 heterocycles. The van der Waals surface area contributed by atoms with E-state index in [9.17, 15) is 0 Å². The molecule has 0 N–H and O–H groups in total. The van der Waals surface area contributed by atoms with E-state index in [0.717, 1.165) is 33.8 Å². The summed E-state index contributed by atoms with van der Waals surface area (Å²) in [5, 5.41) is 0. The van der Waals surface area contributed by atoms with Gasteiger partial charge in [-0.15, -0.1) is 0 Å². The van der Waals surface area contributed by atoms with Gasteiger partial charge < -0.3 is 4.90 Å². The third-order valence-corrected chi connectivity index (χ3v) is 15.3. The lowest BCUT2D eigenvalue weighted by Crippen LogP contribution is -2.26. The predicted molar refractivity (Wildman–Crippen MR) is 292 cm³/mol. The van der Waals surface area contributed by atoms with E-state index < -0.39 is 5.41 Å². The van der Waals surface area contributed by atoms with Gasteiger partial charge in [0.15, 0.2) is 0 Å². The number of hydrogen-bond acceptors (Lipinski definition) is 1. The average molecular weight is 884 g/mol. The van der Waals surface area contributed by atoms with Gasteiger partial charge in [0, 0.05) is 22.2 Å². The highest BCUT2D eigenvalue weighted by atomic mass is 15.1. The molecule has 10 aromatic rings. The molecule has 1 nitrogen and oxygen atoms in total. The second-order valence-corrected chi connectivity index (χ2v) is 19.4. The van der Waals surface area contributed by atoms with Crippen LogP contribution in [0, 0.1) is 6.92 Å². The first kappa shape index (κ1) is 42.1. The molecule has 1 unspecified atom stereocenters. The maximum absolute atomic E-state index is 4.38. The van der Waals surface area contributed by atoms with Crippen molar-refractivity contribution in [3.05, 3.63) is 282 Å². The number of allylic oxidation sites excluding steroid dienone is 1. The van der Waals surface area contributed by atoms with Crippen molar-refractivity contribution in [3.8, 4) is 66.8 Å². The van der Waals surface area contributed by atoms with Gasteiger partial charge in [-0.3, -0.25) is 0 Å². The van der Waals surface area contributed by atoms with Gasteiger partial charge in [0.25, 0.3) is 0 Å². The Hall–Kier alpha value is -8.26. The maximum Gasteiger partial charge on any atom is 0.0726 e. The fraction of sp³-hybridized carbons (Fsp3) is 0.0882. The number of hydrogen-bond donors (Lipinski definition) is 0. The highest BCUT2D eigenvalue weighted by Gasteiger charge is 2.52. The lowest BCUT2D eigenvalue weighted by atomic mass is 9.70. The fourth-order valence-electron chi connectivity index (χ4n) is 11.5. The summed E-state index contributed by atoms with van der Waals surface area (Å²) in [6, 6.07) is 88.1. The van der Waals surface area contributed by atoms with Crippen LogP contribution in [0.15, 0.2) is 249 Å². The zero-order valence-corrected chi connectivity index (χ0v) is 39.7. The Morgan fingerprint density at radius 2 is 0.884 bits per heavy atom. The minimum absolute atomic E-state index is 0.151. The van der Waals surface area contributed by atoms with Crippen molar-refractivity contribution in [2.45, 2.75) is 38.5 Å². The zero-order valence-electron chi connectivity index (χ0n) is 39.7. The lowest BCUT2D eigenvalue weighted by Gasteiger charge is -2.33. The van der Waals surface area contributed by atoms with Crippen molar-refractivity contribution in [2.24, 2.45) is 0 Å². The van der Waals surface area contributed by atoms with E-state index in [1.54, 1.807) is 0 Å². The van der Waals surface area contributed by atoms with Crippen molar-refractivity contribution >= 4 is 17.1 Å². The molecule has 69 heavy (non-hydrogen) atoms. The minimum Gasteiger partial charge on any atom is -0.309 e. The summed E-state index contributed by atoms with van der Waals surface area (Å²) in [5.41, 5.74) is 26.3. The van der Waals surface area contributed by atoms with E-state index in [4.69, 9.17) is 0 Å². The minimum atomic E-state index is -0.533. The monoisotopic (exact) mass is 883 g/mol. The molecule has 0 saturated heterocycles. The van der Waals surface area contributed by atoms with Crippen LogP contribution in [-0.4, -0.2) is 0 Å². The molecule has 0 radical (unpaired) electrons. The number of aryl methyl sites for hydroxylation is 1. The third-order valence-electron chi connectivity index (χ3n) is 15.3. The van der Waals surface area contributed by atoms with Gasteiger partial charge in [0.2, 0.25) is 0 Å². The molecule has 0 amide bonds. The van der Waals surface area contributed by atoms with Gasteiger partial charge >= 0.3 is 0 Å². The second kappa shape index (κ2) is 16.5. The highest BCUT2D eigenvalue weighted by molar-refractivity contribution is 6.03. The Morgan fingerprint density at radius 3 is 1.55 bits per heavy atom. The quantitative estimate of drug-likeness (QED) is 0.131. The fourth-order valence-corrected chi connectivity index (χ4v) is 11.5. The predicted octanol–water partition coefficient (Wildman–Crippen LogP) is 18.3. The highest BCUT2D eigenvalue weighted by Crippen LogP contribution is 2.65. The molecule has 0 bridgehead atoms. The molecule has 1 spiro atoms. The maximum atomic E-state index is 4.38. The summed E-state index contributed by atoms with van der Waals surface area (Å²) >= 11 is 0.